The highest BCUT2D eigenvalue weighted by atomic mass is 19.4. The number of carbonyl (C=O) groups is 1. The number of aliphatic carboxylic acids is 1. The van der Waals surface area contributed by atoms with E-state index in [0.717, 1.165) is 24.1 Å². The number of nitrogens with zero attached hydrogens (tertiary/aromatic N) is 1. The van der Waals surface area contributed by atoms with E-state index >= 15 is 0 Å². The van der Waals surface area contributed by atoms with Crippen molar-refractivity contribution in [3.63, 3.8) is 0 Å². The highest BCUT2D eigenvalue weighted by Crippen LogP contribution is 2.44. The van der Waals surface area contributed by atoms with E-state index in [1.54, 1.807) is 19.1 Å². The van der Waals surface area contributed by atoms with Gasteiger partial charge >= 0.3 is 12.1 Å². The average molecular weight is 477 g/mol. The van der Waals surface area contributed by atoms with Gasteiger partial charge in [0.1, 0.15) is 17.3 Å². The zero-order valence-corrected chi connectivity index (χ0v) is 18.4. The summed E-state index contributed by atoms with van der Waals surface area (Å²) in [5.41, 5.74) is -0.386. The Hall–Kier alpha value is -3.36. The zero-order chi connectivity index (χ0) is 24.5. The van der Waals surface area contributed by atoms with Gasteiger partial charge < -0.3 is 14.3 Å². The molecule has 4 rings (SSSR count). The van der Waals surface area contributed by atoms with Crippen molar-refractivity contribution < 1.29 is 36.6 Å². The molecule has 1 aromatic heterocycles. The topological polar surface area (TPSA) is 72.6 Å². The van der Waals surface area contributed by atoms with Crippen LogP contribution in [-0.2, 0) is 23.8 Å². The molecule has 1 aliphatic rings. The molecule has 5 nitrogen and oxygen atoms in total. The van der Waals surface area contributed by atoms with Crippen molar-refractivity contribution in [1.29, 1.82) is 0 Å². The minimum Gasteiger partial charge on any atom is -0.493 e. The van der Waals surface area contributed by atoms with Gasteiger partial charge in [-0.1, -0.05) is 18.6 Å². The number of aromatic nitrogens is 1. The fourth-order valence-corrected chi connectivity index (χ4v) is 4.09. The van der Waals surface area contributed by atoms with Crippen LogP contribution in [0.15, 0.2) is 46.9 Å². The molecule has 0 spiro atoms. The molecule has 0 saturated heterocycles. The molecule has 0 aliphatic heterocycles. The number of ether oxygens (including phenoxy) is 1. The number of rotatable bonds is 8. The maximum absolute atomic E-state index is 13.9. The summed E-state index contributed by atoms with van der Waals surface area (Å²) < 4.78 is 63.4. The molecule has 0 unspecified atom stereocenters. The van der Waals surface area contributed by atoms with Gasteiger partial charge in [-0.2, -0.15) is 13.2 Å². The number of alkyl halides is 3. The molecule has 1 aliphatic carbocycles. The monoisotopic (exact) mass is 477 g/mol. The second-order valence-electron chi connectivity index (χ2n) is 8.57. The Balaban J connectivity index is 1.35. The number of halogens is 4. The lowest BCUT2D eigenvalue weighted by Gasteiger charge is -2.37. The van der Waals surface area contributed by atoms with Crippen LogP contribution in [0.3, 0.4) is 0 Å². The fraction of sp³-hybridized carbons (Fsp3) is 0.360. The van der Waals surface area contributed by atoms with Gasteiger partial charge in [-0.25, -0.2) is 9.37 Å². The van der Waals surface area contributed by atoms with Gasteiger partial charge in [0, 0.05) is 12.0 Å². The summed E-state index contributed by atoms with van der Waals surface area (Å²) in [6.45, 7) is 1.94. The molecular formula is C25H23F4NO4. The van der Waals surface area contributed by atoms with E-state index in [0.29, 0.717) is 49.0 Å². The number of hydrogen-bond donors (Lipinski definition) is 1. The minimum atomic E-state index is -4.77. The van der Waals surface area contributed by atoms with E-state index in [9.17, 15) is 27.5 Å². The standard InChI is InChI=1S/C25H23F4NO4/c1-15-21(30-22(34-15)17-5-8-19(20(26)13-17)25(27,28)29)9-12-33-18-6-3-16(4-7-18)14-24(23(31)32)10-2-11-24/h3-8,13H,2,9-12,14H2,1H3,(H,31,32). The predicted octanol–water partition coefficient (Wildman–Crippen LogP) is 6.23. The van der Waals surface area contributed by atoms with Crippen molar-refractivity contribution in [3.8, 4) is 17.2 Å². The highest BCUT2D eigenvalue weighted by molar-refractivity contribution is 5.76. The van der Waals surface area contributed by atoms with Gasteiger partial charge in [0.25, 0.3) is 0 Å². The van der Waals surface area contributed by atoms with E-state index in [1.807, 2.05) is 12.1 Å². The van der Waals surface area contributed by atoms with Crippen molar-refractivity contribution >= 4 is 5.97 Å². The summed E-state index contributed by atoms with van der Waals surface area (Å²) in [6.07, 6.45) is -1.58. The molecule has 0 bridgehead atoms. The van der Waals surface area contributed by atoms with Gasteiger partial charge in [-0.15, -0.1) is 0 Å². The summed E-state index contributed by atoms with van der Waals surface area (Å²) in [6, 6.07) is 9.84. The molecule has 1 fully saturated rings. The number of aryl methyl sites for hydroxylation is 1. The van der Waals surface area contributed by atoms with Crippen LogP contribution in [0.5, 0.6) is 5.75 Å². The van der Waals surface area contributed by atoms with Crippen LogP contribution in [0.4, 0.5) is 17.6 Å². The lowest BCUT2D eigenvalue weighted by Crippen LogP contribution is -2.39. The number of carboxylic acid groups (broad SMARTS) is 1. The Morgan fingerprint density at radius 3 is 2.44 bits per heavy atom. The number of hydrogen-bond acceptors (Lipinski definition) is 4. The third kappa shape index (κ3) is 4.93. The Morgan fingerprint density at radius 2 is 1.88 bits per heavy atom. The molecule has 9 heteroatoms. The van der Waals surface area contributed by atoms with Gasteiger partial charge in [0.2, 0.25) is 5.89 Å². The lowest BCUT2D eigenvalue weighted by molar-refractivity contribution is -0.154. The van der Waals surface area contributed by atoms with E-state index in [-0.39, 0.29) is 18.1 Å². The van der Waals surface area contributed by atoms with E-state index in [2.05, 4.69) is 4.98 Å². The fourth-order valence-electron chi connectivity index (χ4n) is 4.09. The third-order valence-electron chi connectivity index (χ3n) is 6.25. The highest BCUT2D eigenvalue weighted by Gasteiger charge is 2.44. The summed E-state index contributed by atoms with van der Waals surface area (Å²) in [5, 5.41) is 9.48. The minimum absolute atomic E-state index is 0.0350. The molecule has 2 aromatic carbocycles. The van der Waals surface area contributed by atoms with Crippen molar-refractivity contribution in [2.24, 2.45) is 5.41 Å². The van der Waals surface area contributed by atoms with E-state index in [4.69, 9.17) is 9.15 Å². The zero-order valence-electron chi connectivity index (χ0n) is 18.4. The van der Waals surface area contributed by atoms with Crippen LogP contribution in [0.2, 0.25) is 0 Å². The molecular weight excluding hydrogens is 454 g/mol. The van der Waals surface area contributed by atoms with Crippen molar-refractivity contribution in [3.05, 3.63) is 70.9 Å². The maximum atomic E-state index is 13.9. The molecule has 3 aromatic rings. The summed E-state index contributed by atoms with van der Waals surface area (Å²) in [5.74, 6) is -1.02. The van der Waals surface area contributed by atoms with Crippen LogP contribution in [0.1, 0.15) is 41.8 Å². The molecule has 1 saturated carbocycles. The summed E-state index contributed by atoms with van der Waals surface area (Å²) in [4.78, 5) is 15.8. The van der Waals surface area contributed by atoms with Crippen LogP contribution >= 0.6 is 0 Å². The number of benzene rings is 2. The SMILES string of the molecule is Cc1oc(-c2ccc(C(F)(F)F)c(F)c2)nc1CCOc1ccc(CC2(C(=O)O)CCC2)cc1. The smallest absolute Gasteiger partial charge is 0.419 e. The predicted molar refractivity (Wildman–Crippen MR) is 115 cm³/mol. The van der Waals surface area contributed by atoms with Crippen LogP contribution < -0.4 is 4.74 Å². The Kier molecular flexibility index (Phi) is 6.38. The van der Waals surface area contributed by atoms with Crippen LogP contribution in [-0.4, -0.2) is 22.7 Å². The van der Waals surface area contributed by atoms with E-state index < -0.39 is 28.9 Å². The van der Waals surface area contributed by atoms with Gasteiger partial charge in [0.05, 0.1) is 23.3 Å². The molecule has 180 valence electrons. The Labute approximate surface area is 193 Å². The molecule has 0 amide bonds. The normalized spacial score (nSPS) is 15.1. The van der Waals surface area contributed by atoms with Gasteiger partial charge in [-0.05, 0) is 62.1 Å². The van der Waals surface area contributed by atoms with Gasteiger partial charge in [-0.3, -0.25) is 4.79 Å². The first-order valence-electron chi connectivity index (χ1n) is 10.9. The third-order valence-corrected chi connectivity index (χ3v) is 6.25. The molecule has 0 atom stereocenters. The van der Waals surface area contributed by atoms with Crippen LogP contribution in [0.25, 0.3) is 11.5 Å². The summed E-state index contributed by atoms with van der Waals surface area (Å²) >= 11 is 0. The maximum Gasteiger partial charge on any atom is 0.419 e. The Morgan fingerprint density at radius 1 is 1.18 bits per heavy atom. The van der Waals surface area contributed by atoms with Crippen LogP contribution in [0, 0.1) is 18.2 Å². The van der Waals surface area contributed by atoms with Crippen molar-refractivity contribution in [1.82, 2.24) is 4.98 Å². The first-order valence-corrected chi connectivity index (χ1v) is 10.9. The largest absolute Gasteiger partial charge is 0.493 e. The molecule has 34 heavy (non-hydrogen) atoms. The summed E-state index contributed by atoms with van der Waals surface area (Å²) in [7, 11) is 0. The molecule has 1 N–H and O–H groups in total. The second-order valence-corrected chi connectivity index (χ2v) is 8.57. The van der Waals surface area contributed by atoms with Crippen molar-refractivity contribution in [2.45, 2.75) is 45.2 Å². The van der Waals surface area contributed by atoms with Gasteiger partial charge in [0.15, 0.2) is 0 Å². The lowest BCUT2D eigenvalue weighted by atomic mass is 9.65. The quantitative estimate of drug-likeness (QED) is 0.390. The van der Waals surface area contributed by atoms with E-state index in [1.165, 1.54) is 0 Å². The number of oxazole rings is 1. The number of carboxylic acids is 1. The average Bonchev–Trinajstić information content (AvgIpc) is 3.11. The first kappa shape index (κ1) is 23.8. The molecule has 0 radical (unpaired) electrons. The molecule has 1 heterocycles. The second kappa shape index (κ2) is 9.12. The first-order chi connectivity index (χ1) is 16.1. The van der Waals surface area contributed by atoms with Crippen molar-refractivity contribution in [2.75, 3.05) is 6.61 Å². The Bertz CT molecular complexity index is 1180.